The van der Waals surface area contributed by atoms with Gasteiger partial charge in [-0.15, -0.1) is 0 Å². The number of hydrogen-bond acceptors (Lipinski definition) is 2. The maximum atomic E-state index is 13.0. The fourth-order valence-corrected chi connectivity index (χ4v) is 3.45. The Morgan fingerprint density at radius 2 is 1.61 bits per heavy atom. The fourth-order valence-electron chi connectivity index (χ4n) is 3.45. The van der Waals surface area contributed by atoms with E-state index in [0.29, 0.717) is 11.2 Å². The first kappa shape index (κ1) is 19.7. The number of para-hydroxylation sites is 1. The quantitative estimate of drug-likeness (QED) is 0.643. The minimum Gasteiger partial charge on any atom is -0.335 e. The van der Waals surface area contributed by atoms with Crippen LogP contribution in [0.4, 0.5) is 18.9 Å². The predicted molar refractivity (Wildman–Crippen MR) is 102 cm³/mol. The van der Waals surface area contributed by atoms with E-state index in [0.717, 1.165) is 11.1 Å². The zero-order chi connectivity index (χ0) is 20.6. The largest absolute Gasteiger partial charge is 0.454 e. The van der Waals surface area contributed by atoms with Gasteiger partial charge in [-0.3, -0.25) is 9.59 Å². The number of carbonyl (C=O) groups excluding carboxylic acids is 2. The van der Waals surface area contributed by atoms with Crippen molar-refractivity contribution in [2.45, 2.75) is 33.5 Å². The maximum absolute atomic E-state index is 13.0. The monoisotopic (exact) mass is 388 g/mol. The molecule has 0 aliphatic rings. The molecule has 3 aromatic rings. The molecular weight excluding hydrogens is 369 g/mol. The third kappa shape index (κ3) is 3.78. The lowest BCUT2D eigenvalue weighted by atomic mass is 10.1. The van der Waals surface area contributed by atoms with Crippen LogP contribution in [0.5, 0.6) is 0 Å². The lowest BCUT2D eigenvalue weighted by Gasteiger charge is -2.11. The number of nitrogens with zero attached hydrogens (tertiary/aromatic N) is 1. The van der Waals surface area contributed by atoms with Crippen LogP contribution in [0.15, 0.2) is 42.5 Å². The van der Waals surface area contributed by atoms with Gasteiger partial charge in [-0.25, -0.2) is 0 Å². The van der Waals surface area contributed by atoms with Crippen molar-refractivity contribution >= 4 is 28.3 Å². The number of ketones is 1. The van der Waals surface area contributed by atoms with Gasteiger partial charge in [-0.1, -0.05) is 24.3 Å². The number of Topliss-reactive ketones (excluding diaryl/α,β-unsaturated/α-hetero) is 1. The number of carbonyl (C=O) groups is 2. The van der Waals surface area contributed by atoms with Gasteiger partial charge in [0.15, 0.2) is 0 Å². The van der Waals surface area contributed by atoms with Crippen molar-refractivity contribution in [1.82, 2.24) is 4.57 Å². The minimum absolute atomic E-state index is 0.110. The Balaban J connectivity index is 1.98. The summed E-state index contributed by atoms with van der Waals surface area (Å²) in [5.41, 5.74) is 2.68. The number of amides is 1. The predicted octanol–water partition coefficient (Wildman–Crippen LogP) is 4.95. The van der Waals surface area contributed by atoms with Gasteiger partial charge in [-0.2, -0.15) is 13.2 Å². The van der Waals surface area contributed by atoms with E-state index in [2.05, 4.69) is 5.32 Å². The number of nitrogens with one attached hydrogen (secondary N) is 1. The third-order valence-electron chi connectivity index (χ3n) is 4.52. The van der Waals surface area contributed by atoms with Gasteiger partial charge in [0.25, 0.3) is 5.78 Å². The Kier molecular flexibility index (Phi) is 5.02. The molecule has 1 heterocycles. The van der Waals surface area contributed by atoms with Gasteiger partial charge >= 0.3 is 6.18 Å². The highest BCUT2D eigenvalue weighted by molar-refractivity contribution is 6.12. The topological polar surface area (TPSA) is 51.1 Å². The molecule has 0 unspecified atom stereocenters. The van der Waals surface area contributed by atoms with E-state index >= 15 is 0 Å². The molecule has 1 aromatic heterocycles. The zero-order valence-electron chi connectivity index (χ0n) is 15.6. The number of benzene rings is 2. The number of aromatic nitrogens is 1. The molecule has 4 nitrogen and oxygen atoms in total. The molecule has 1 N–H and O–H groups in total. The number of aryl methyl sites for hydroxylation is 2. The van der Waals surface area contributed by atoms with Crippen molar-refractivity contribution in [3.8, 4) is 0 Å². The van der Waals surface area contributed by atoms with Crippen LogP contribution in [0.2, 0.25) is 0 Å². The summed E-state index contributed by atoms with van der Waals surface area (Å²) in [4.78, 5) is 24.5. The fraction of sp³-hybridized carbons (Fsp3) is 0.238. The Hall–Kier alpha value is -3.09. The molecular formula is C21H19F3N2O2. The highest BCUT2D eigenvalue weighted by Crippen LogP contribution is 2.31. The van der Waals surface area contributed by atoms with Gasteiger partial charge in [-0.05, 0) is 50.1 Å². The lowest BCUT2D eigenvalue weighted by Crippen LogP contribution is -2.24. The SMILES string of the molecule is Cc1cc(C)cc(NC(=O)Cn2c(C)c(C(=O)C(F)(F)F)c3ccccc32)c1. The summed E-state index contributed by atoms with van der Waals surface area (Å²) in [6, 6.07) is 11.9. The van der Waals surface area contributed by atoms with Gasteiger partial charge in [0, 0.05) is 22.3 Å². The molecule has 0 aliphatic heterocycles. The number of fused-ring (bicyclic) bond motifs is 1. The van der Waals surface area contributed by atoms with E-state index in [1.165, 1.54) is 17.6 Å². The molecule has 0 atom stereocenters. The lowest BCUT2D eigenvalue weighted by molar-refractivity contribution is -0.116. The summed E-state index contributed by atoms with van der Waals surface area (Å²) in [5.74, 6) is -2.30. The molecule has 1 amide bonds. The van der Waals surface area contributed by atoms with Crippen molar-refractivity contribution in [2.24, 2.45) is 0 Å². The van der Waals surface area contributed by atoms with E-state index in [-0.39, 0.29) is 23.5 Å². The summed E-state index contributed by atoms with van der Waals surface area (Å²) in [6.45, 7) is 5.02. The van der Waals surface area contributed by atoms with E-state index in [9.17, 15) is 22.8 Å². The molecule has 3 rings (SSSR count). The molecule has 0 bridgehead atoms. The normalized spacial score (nSPS) is 11.6. The van der Waals surface area contributed by atoms with Crippen LogP contribution in [-0.4, -0.2) is 22.4 Å². The summed E-state index contributed by atoms with van der Waals surface area (Å²) in [6.07, 6.45) is -4.99. The Morgan fingerprint density at radius 1 is 1.00 bits per heavy atom. The van der Waals surface area contributed by atoms with Crippen molar-refractivity contribution in [3.05, 3.63) is 64.8 Å². The molecule has 146 valence electrons. The second kappa shape index (κ2) is 7.14. The van der Waals surface area contributed by atoms with E-state index < -0.39 is 17.5 Å². The maximum Gasteiger partial charge on any atom is 0.454 e. The smallest absolute Gasteiger partial charge is 0.335 e. The summed E-state index contributed by atoms with van der Waals surface area (Å²) in [5, 5.41) is 2.95. The van der Waals surface area contributed by atoms with Crippen LogP contribution >= 0.6 is 0 Å². The summed E-state index contributed by atoms with van der Waals surface area (Å²) in [7, 11) is 0. The van der Waals surface area contributed by atoms with Crippen LogP contribution in [-0.2, 0) is 11.3 Å². The van der Waals surface area contributed by atoms with Crippen LogP contribution < -0.4 is 5.32 Å². The summed E-state index contributed by atoms with van der Waals surface area (Å²) >= 11 is 0. The average molecular weight is 388 g/mol. The van der Waals surface area contributed by atoms with Crippen molar-refractivity contribution in [2.75, 3.05) is 5.32 Å². The van der Waals surface area contributed by atoms with E-state index in [1.807, 2.05) is 32.0 Å². The minimum atomic E-state index is -4.99. The molecule has 28 heavy (non-hydrogen) atoms. The first-order valence-electron chi connectivity index (χ1n) is 8.65. The second-order valence-corrected chi connectivity index (χ2v) is 6.82. The standard InChI is InChI=1S/C21H19F3N2O2/c1-12-8-13(2)10-15(9-12)25-18(27)11-26-14(3)19(20(28)21(22,23)24)16-6-4-5-7-17(16)26/h4-10H,11H2,1-3H3,(H,25,27). The highest BCUT2D eigenvalue weighted by Gasteiger charge is 2.42. The summed E-state index contributed by atoms with van der Waals surface area (Å²) < 4.78 is 40.6. The van der Waals surface area contributed by atoms with Gasteiger partial charge in [0.1, 0.15) is 6.54 Å². The average Bonchev–Trinajstić information content (AvgIpc) is 2.84. The van der Waals surface area contributed by atoms with Crippen molar-refractivity contribution in [3.63, 3.8) is 0 Å². The number of anilines is 1. The Morgan fingerprint density at radius 3 is 2.21 bits per heavy atom. The molecule has 2 aromatic carbocycles. The van der Waals surface area contributed by atoms with E-state index in [1.54, 1.807) is 18.2 Å². The molecule has 0 aliphatic carbocycles. The molecule has 7 heteroatoms. The highest BCUT2D eigenvalue weighted by atomic mass is 19.4. The molecule has 0 fully saturated rings. The number of rotatable bonds is 4. The van der Waals surface area contributed by atoms with Crippen molar-refractivity contribution in [1.29, 1.82) is 0 Å². The first-order chi connectivity index (χ1) is 13.1. The number of alkyl halides is 3. The van der Waals surface area contributed by atoms with Crippen molar-refractivity contribution < 1.29 is 22.8 Å². The van der Waals surface area contributed by atoms with Crippen LogP contribution in [0, 0.1) is 20.8 Å². The van der Waals surface area contributed by atoms with Crippen LogP contribution in [0.1, 0.15) is 27.2 Å². The van der Waals surface area contributed by atoms with Crippen LogP contribution in [0.3, 0.4) is 0 Å². The molecule has 0 spiro atoms. The van der Waals surface area contributed by atoms with Gasteiger partial charge in [0.2, 0.25) is 5.91 Å². The second-order valence-electron chi connectivity index (χ2n) is 6.82. The molecule has 0 saturated carbocycles. The zero-order valence-corrected chi connectivity index (χ0v) is 15.6. The Labute approximate surface area is 160 Å². The number of hydrogen-bond donors (Lipinski definition) is 1. The third-order valence-corrected chi connectivity index (χ3v) is 4.52. The first-order valence-corrected chi connectivity index (χ1v) is 8.65. The Bertz CT molecular complexity index is 1060. The van der Waals surface area contributed by atoms with Gasteiger partial charge < -0.3 is 9.88 Å². The van der Waals surface area contributed by atoms with E-state index in [4.69, 9.17) is 0 Å². The molecule has 0 radical (unpaired) electrons. The molecule has 0 saturated heterocycles. The van der Waals surface area contributed by atoms with Crippen LogP contribution in [0.25, 0.3) is 10.9 Å². The van der Waals surface area contributed by atoms with Gasteiger partial charge in [0.05, 0.1) is 5.56 Å². The number of halogens is 3.